The van der Waals surface area contributed by atoms with E-state index >= 15 is 0 Å². The molecule has 0 N–H and O–H groups in total. The number of para-hydroxylation sites is 1. The van der Waals surface area contributed by atoms with Gasteiger partial charge in [-0.05, 0) is 30.5 Å². The molecule has 0 radical (unpaired) electrons. The molecule has 1 aromatic heterocycles. The maximum atomic E-state index is 5.36. The highest BCUT2D eigenvalue weighted by Crippen LogP contribution is 2.24. The molecule has 120 valence electrons. The Morgan fingerprint density at radius 3 is 2.41 bits per heavy atom. The van der Waals surface area contributed by atoms with E-state index in [2.05, 4.69) is 24.0 Å². The lowest BCUT2D eigenvalue weighted by molar-refractivity contribution is 0.419. The minimum Gasteiger partial charge on any atom is -0.494 e. The molecule has 0 aliphatic heterocycles. The van der Waals surface area contributed by atoms with E-state index in [0.717, 1.165) is 17.7 Å². The van der Waals surface area contributed by atoms with Gasteiger partial charge in [0.25, 0.3) is 0 Å². The van der Waals surface area contributed by atoms with Crippen LogP contribution in [0.4, 0.5) is 0 Å². The van der Waals surface area contributed by atoms with Crippen LogP contribution in [0.1, 0.15) is 63.9 Å². The Labute approximate surface area is 134 Å². The molecule has 2 nitrogen and oxygen atoms in total. The number of fused-ring (bicyclic) bond motifs is 1. The van der Waals surface area contributed by atoms with Gasteiger partial charge in [0.05, 0.1) is 7.11 Å². The molecule has 0 saturated heterocycles. The summed E-state index contributed by atoms with van der Waals surface area (Å²) < 4.78 is 5.36. The second-order valence-corrected chi connectivity index (χ2v) is 6.10. The van der Waals surface area contributed by atoms with Gasteiger partial charge in [-0.3, -0.25) is 4.98 Å². The minimum atomic E-state index is 0.858. The summed E-state index contributed by atoms with van der Waals surface area (Å²) in [5, 5.41) is 1.18. The molecule has 1 heterocycles. The molecule has 0 fully saturated rings. The number of benzene rings is 1. The van der Waals surface area contributed by atoms with Gasteiger partial charge < -0.3 is 4.74 Å². The molecule has 0 aliphatic rings. The molecule has 0 saturated carbocycles. The molecule has 2 heteroatoms. The summed E-state index contributed by atoms with van der Waals surface area (Å²) in [7, 11) is 1.70. The third-order valence-electron chi connectivity index (χ3n) is 4.27. The number of methoxy groups -OCH3 is 1. The zero-order valence-corrected chi connectivity index (χ0v) is 14.1. The molecule has 2 aromatic rings. The van der Waals surface area contributed by atoms with Crippen LogP contribution in [0.5, 0.6) is 5.75 Å². The van der Waals surface area contributed by atoms with E-state index in [-0.39, 0.29) is 0 Å². The quantitative estimate of drug-likeness (QED) is 0.507. The molecule has 0 atom stereocenters. The molecule has 0 aliphatic carbocycles. The average Bonchev–Trinajstić information content (AvgIpc) is 2.56. The summed E-state index contributed by atoms with van der Waals surface area (Å²) in [5.74, 6) is 0.858. The lowest BCUT2D eigenvalue weighted by Gasteiger charge is -2.07. The Morgan fingerprint density at radius 1 is 0.955 bits per heavy atom. The molecule has 0 amide bonds. The largest absolute Gasteiger partial charge is 0.494 e. The maximum Gasteiger partial charge on any atom is 0.145 e. The van der Waals surface area contributed by atoms with Crippen LogP contribution in [0.3, 0.4) is 0 Å². The van der Waals surface area contributed by atoms with Crippen LogP contribution in [0.15, 0.2) is 30.5 Å². The molecule has 2 rings (SSSR count). The number of ether oxygens (including phenoxy) is 1. The SMILES string of the molecule is CCCCCCCCCCc1cnc2c(OC)cccc2c1. The van der Waals surface area contributed by atoms with Crippen LogP contribution in [0.25, 0.3) is 10.9 Å². The van der Waals surface area contributed by atoms with E-state index < -0.39 is 0 Å². The van der Waals surface area contributed by atoms with E-state index in [1.54, 1.807) is 7.11 Å². The summed E-state index contributed by atoms with van der Waals surface area (Å²) >= 11 is 0. The van der Waals surface area contributed by atoms with Gasteiger partial charge in [-0.1, -0.05) is 64.0 Å². The molecule has 22 heavy (non-hydrogen) atoms. The van der Waals surface area contributed by atoms with Gasteiger partial charge in [0.1, 0.15) is 11.3 Å². The van der Waals surface area contributed by atoms with E-state index in [0.29, 0.717) is 0 Å². The second kappa shape index (κ2) is 9.45. The molecular formula is C20H29NO. The van der Waals surface area contributed by atoms with Gasteiger partial charge in [-0.25, -0.2) is 0 Å². The molecule has 1 aromatic carbocycles. The zero-order chi connectivity index (χ0) is 15.6. The van der Waals surface area contributed by atoms with Crippen LogP contribution in [-0.4, -0.2) is 12.1 Å². The van der Waals surface area contributed by atoms with Crippen molar-refractivity contribution < 1.29 is 4.74 Å². The van der Waals surface area contributed by atoms with Gasteiger partial charge in [0.2, 0.25) is 0 Å². The first-order valence-electron chi connectivity index (χ1n) is 8.76. The third-order valence-corrected chi connectivity index (χ3v) is 4.27. The lowest BCUT2D eigenvalue weighted by atomic mass is 10.0. The minimum absolute atomic E-state index is 0.858. The number of nitrogens with zero attached hydrogens (tertiary/aromatic N) is 1. The van der Waals surface area contributed by atoms with Crippen molar-refractivity contribution >= 4 is 10.9 Å². The molecule has 0 spiro atoms. The summed E-state index contributed by atoms with van der Waals surface area (Å²) in [4.78, 5) is 4.58. The van der Waals surface area contributed by atoms with Crippen molar-refractivity contribution in [3.63, 3.8) is 0 Å². The Kier molecular flexibility index (Phi) is 7.21. The fraction of sp³-hybridized carbons (Fsp3) is 0.550. The summed E-state index contributed by atoms with van der Waals surface area (Å²) in [6, 6.07) is 8.37. The first-order chi connectivity index (χ1) is 10.8. The highest BCUT2D eigenvalue weighted by molar-refractivity contribution is 5.84. The highest BCUT2D eigenvalue weighted by atomic mass is 16.5. The second-order valence-electron chi connectivity index (χ2n) is 6.10. The smallest absolute Gasteiger partial charge is 0.145 e. The predicted octanol–water partition coefficient (Wildman–Crippen LogP) is 5.93. The lowest BCUT2D eigenvalue weighted by Crippen LogP contribution is -1.91. The summed E-state index contributed by atoms with van der Waals surface area (Å²) in [6.45, 7) is 2.27. The van der Waals surface area contributed by atoms with Gasteiger partial charge in [-0.15, -0.1) is 0 Å². The fourth-order valence-electron chi connectivity index (χ4n) is 2.94. The first kappa shape index (κ1) is 16.8. The average molecular weight is 299 g/mol. The normalized spacial score (nSPS) is 11.0. The van der Waals surface area contributed by atoms with Gasteiger partial charge >= 0.3 is 0 Å². The third kappa shape index (κ3) is 5.01. The van der Waals surface area contributed by atoms with E-state index in [9.17, 15) is 0 Å². The summed E-state index contributed by atoms with van der Waals surface area (Å²) in [6.07, 6.45) is 14.1. The van der Waals surface area contributed by atoms with Gasteiger partial charge in [-0.2, -0.15) is 0 Å². The number of aromatic nitrogens is 1. The highest BCUT2D eigenvalue weighted by Gasteiger charge is 2.03. The van der Waals surface area contributed by atoms with Crippen molar-refractivity contribution in [1.29, 1.82) is 0 Å². The standard InChI is InChI=1S/C20H29NO/c1-3-4-5-6-7-8-9-10-12-17-15-18-13-11-14-19(22-2)20(18)21-16-17/h11,13-16H,3-10,12H2,1-2H3. The maximum absolute atomic E-state index is 5.36. The fourth-order valence-corrected chi connectivity index (χ4v) is 2.94. The Morgan fingerprint density at radius 2 is 1.68 bits per heavy atom. The van der Waals surface area contributed by atoms with E-state index in [1.165, 1.54) is 62.3 Å². The van der Waals surface area contributed by atoms with Crippen molar-refractivity contribution in [1.82, 2.24) is 4.98 Å². The van der Waals surface area contributed by atoms with Crippen molar-refractivity contribution in [2.75, 3.05) is 7.11 Å². The van der Waals surface area contributed by atoms with E-state index in [4.69, 9.17) is 4.74 Å². The van der Waals surface area contributed by atoms with Crippen LogP contribution in [0, 0.1) is 0 Å². The Bertz CT molecular complexity index is 565. The number of hydrogen-bond acceptors (Lipinski definition) is 2. The van der Waals surface area contributed by atoms with Crippen molar-refractivity contribution in [3.8, 4) is 5.75 Å². The predicted molar refractivity (Wildman–Crippen MR) is 94.6 cm³/mol. The summed E-state index contributed by atoms with van der Waals surface area (Å²) in [5.41, 5.74) is 2.30. The van der Waals surface area contributed by atoms with Crippen LogP contribution >= 0.6 is 0 Å². The van der Waals surface area contributed by atoms with Crippen molar-refractivity contribution in [2.45, 2.75) is 64.7 Å². The number of aryl methyl sites for hydroxylation is 1. The van der Waals surface area contributed by atoms with Crippen molar-refractivity contribution in [2.24, 2.45) is 0 Å². The topological polar surface area (TPSA) is 22.1 Å². The zero-order valence-electron chi connectivity index (χ0n) is 14.1. The number of rotatable bonds is 10. The Hall–Kier alpha value is -1.57. The number of hydrogen-bond donors (Lipinski definition) is 0. The number of unbranched alkanes of at least 4 members (excludes halogenated alkanes) is 7. The Balaban J connectivity index is 1.75. The van der Waals surface area contributed by atoms with Gasteiger partial charge in [0, 0.05) is 11.6 Å². The molecule has 0 bridgehead atoms. The van der Waals surface area contributed by atoms with Crippen LogP contribution in [0.2, 0.25) is 0 Å². The van der Waals surface area contributed by atoms with Crippen molar-refractivity contribution in [3.05, 3.63) is 36.0 Å². The van der Waals surface area contributed by atoms with Crippen LogP contribution in [-0.2, 0) is 6.42 Å². The van der Waals surface area contributed by atoms with Crippen LogP contribution < -0.4 is 4.74 Å². The molecular weight excluding hydrogens is 270 g/mol. The number of pyridine rings is 1. The molecule has 0 unspecified atom stereocenters. The van der Waals surface area contributed by atoms with Gasteiger partial charge in [0.15, 0.2) is 0 Å². The monoisotopic (exact) mass is 299 g/mol. The first-order valence-corrected chi connectivity index (χ1v) is 8.76. The van der Waals surface area contributed by atoms with E-state index in [1.807, 2.05) is 18.3 Å².